The summed E-state index contributed by atoms with van der Waals surface area (Å²) in [5.74, 6) is -0.0778. The number of unbranched alkanes of at least 4 members (excludes halogenated alkanes) is 4. The fraction of sp³-hybridized carbons (Fsp3) is 0.583. The normalized spacial score (nSPS) is 13.4. The number of carbonyl (C=O) groups excluding carboxylic acids is 1. The third kappa shape index (κ3) is 25.3. The van der Waals surface area contributed by atoms with E-state index < -0.39 is 0 Å². The largest absolute Gasteiger partial charge is 0.458 e. The first kappa shape index (κ1) is 35.6. The summed E-state index contributed by atoms with van der Waals surface area (Å²) in [5, 5.41) is 0. The molecule has 0 bridgehead atoms. The first-order chi connectivity index (χ1) is 18.2. The van der Waals surface area contributed by atoms with Crippen molar-refractivity contribution in [3.05, 3.63) is 83.1 Å². The Bertz CT molecular complexity index is 821. The average Bonchev–Trinajstić information content (AvgIpc) is 2.85. The maximum absolute atomic E-state index is 12.6. The van der Waals surface area contributed by atoms with Crippen molar-refractivity contribution in [1.29, 1.82) is 0 Å². The van der Waals surface area contributed by atoms with Crippen LogP contribution in [0.2, 0.25) is 0 Å². The molecule has 0 fully saturated rings. The van der Waals surface area contributed by atoms with Crippen molar-refractivity contribution in [2.24, 2.45) is 0 Å². The second kappa shape index (κ2) is 25.0. The van der Waals surface area contributed by atoms with Gasteiger partial charge < -0.3 is 4.74 Å². The van der Waals surface area contributed by atoms with Gasteiger partial charge in [-0.25, -0.2) is 0 Å². The average molecular weight is 523 g/mol. The lowest BCUT2D eigenvalue weighted by Crippen LogP contribution is -2.16. The fourth-order valence-corrected chi connectivity index (χ4v) is 3.93. The zero-order chi connectivity index (χ0) is 28.4. The molecule has 0 aliphatic rings. The third-order valence-corrected chi connectivity index (χ3v) is 6.21. The quantitative estimate of drug-likeness (QED) is 0.0851. The summed E-state index contributed by atoms with van der Waals surface area (Å²) in [5.41, 5.74) is 5.35. The van der Waals surface area contributed by atoms with Gasteiger partial charge in [0, 0.05) is 12.8 Å². The Morgan fingerprint density at radius 3 is 1.68 bits per heavy atom. The predicted octanol–water partition coefficient (Wildman–Crippen LogP) is 11.5. The molecule has 0 aromatic heterocycles. The topological polar surface area (TPSA) is 26.3 Å². The molecule has 0 saturated heterocycles. The number of hydrogen-bond donors (Lipinski definition) is 0. The maximum Gasteiger partial charge on any atom is 0.306 e. The number of allylic oxidation sites excluding steroid dienone is 12. The van der Waals surface area contributed by atoms with Crippen molar-refractivity contribution in [2.45, 2.75) is 138 Å². The van der Waals surface area contributed by atoms with Gasteiger partial charge in [0.05, 0.1) is 0 Å². The minimum Gasteiger partial charge on any atom is -0.458 e. The number of ether oxygens (including phenoxy) is 1. The standard InChI is InChI=1S/C36H58O2/c1-8-9-10-11-12-13-14-15-16-17-18-19-20-27-36(37)38-35(30-34(7)26-22-24-32(4)5)29-28-33(6)25-21-23-31(2)3/h8-9,12-13,16-17,23-24,28,30,35H,10-11,14-15,18-22,25-27,29H2,1-7H3. The number of rotatable bonds is 21. The summed E-state index contributed by atoms with van der Waals surface area (Å²) in [4.78, 5) is 12.6. The molecule has 1 unspecified atom stereocenters. The molecule has 0 aromatic rings. The summed E-state index contributed by atoms with van der Waals surface area (Å²) in [6, 6.07) is 0. The zero-order valence-corrected chi connectivity index (χ0v) is 25.9. The predicted molar refractivity (Wildman–Crippen MR) is 169 cm³/mol. The smallest absolute Gasteiger partial charge is 0.306 e. The molecule has 2 heteroatoms. The lowest BCUT2D eigenvalue weighted by molar-refractivity contribution is -0.146. The summed E-state index contributed by atoms with van der Waals surface area (Å²) in [7, 11) is 0. The van der Waals surface area contributed by atoms with Crippen LogP contribution in [0.15, 0.2) is 83.1 Å². The third-order valence-electron chi connectivity index (χ3n) is 6.21. The minimum absolute atomic E-state index is 0.0778. The van der Waals surface area contributed by atoms with E-state index in [1.54, 1.807) is 0 Å². The van der Waals surface area contributed by atoms with Gasteiger partial charge in [0.2, 0.25) is 0 Å². The highest BCUT2D eigenvalue weighted by molar-refractivity contribution is 5.69. The van der Waals surface area contributed by atoms with Gasteiger partial charge in [-0.2, -0.15) is 0 Å². The van der Waals surface area contributed by atoms with Crippen molar-refractivity contribution in [2.75, 3.05) is 0 Å². The van der Waals surface area contributed by atoms with E-state index in [4.69, 9.17) is 4.74 Å². The van der Waals surface area contributed by atoms with Gasteiger partial charge in [0.15, 0.2) is 0 Å². The highest BCUT2D eigenvalue weighted by Crippen LogP contribution is 2.16. The Kier molecular flexibility index (Phi) is 23.4. The number of esters is 1. The summed E-state index contributed by atoms with van der Waals surface area (Å²) in [6.45, 7) is 14.9. The van der Waals surface area contributed by atoms with Crippen molar-refractivity contribution in [3.63, 3.8) is 0 Å². The summed E-state index contributed by atoms with van der Waals surface area (Å²) in [6.07, 6.45) is 34.9. The number of carbonyl (C=O) groups is 1. The minimum atomic E-state index is -0.182. The molecule has 0 N–H and O–H groups in total. The van der Waals surface area contributed by atoms with Crippen LogP contribution in [0.5, 0.6) is 0 Å². The van der Waals surface area contributed by atoms with Crippen LogP contribution in [0.4, 0.5) is 0 Å². The van der Waals surface area contributed by atoms with E-state index in [1.807, 2.05) is 0 Å². The van der Waals surface area contributed by atoms with E-state index in [0.717, 1.165) is 77.0 Å². The van der Waals surface area contributed by atoms with Crippen molar-refractivity contribution in [3.8, 4) is 0 Å². The van der Waals surface area contributed by atoms with E-state index in [1.165, 1.54) is 22.3 Å². The van der Waals surface area contributed by atoms with E-state index >= 15 is 0 Å². The number of hydrogen-bond acceptors (Lipinski definition) is 2. The maximum atomic E-state index is 12.6. The molecule has 214 valence electrons. The van der Waals surface area contributed by atoms with Crippen molar-refractivity contribution < 1.29 is 9.53 Å². The van der Waals surface area contributed by atoms with Crippen molar-refractivity contribution >= 4 is 5.97 Å². The van der Waals surface area contributed by atoms with E-state index in [-0.39, 0.29) is 12.1 Å². The molecule has 0 saturated carbocycles. The molecule has 0 spiro atoms. The van der Waals surface area contributed by atoms with Crippen LogP contribution < -0.4 is 0 Å². The SMILES string of the molecule is CC=CCCC=CCCC=CCCCCC(=O)OC(C=C(C)CCC=C(C)C)CC=C(C)CCC=C(C)C. The lowest BCUT2D eigenvalue weighted by Gasteiger charge is -2.15. The monoisotopic (exact) mass is 522 g/mol. The van der Waals surface area contributed by atoms with Gasteiger partial charge in [-0.3, -0.25) is 4.79 Å². The van der Waals surface area contributed by atoms with Gasteiger partial charge in [0.25, 0.3) is 0 Å². The van der Waals surface area contributed by atoms with Crippen LogP contribution in [0, 0.1) is 0 Å². The van der Waals surface area contributed by atoms with Crippen LogP contribution in [-0.4, -0.2) is 12.1 Å². The van der Waals surface area contributed by atoms with Crippen LogP contribution in [0.3, 0.4) is 0 Å². The van der Waals surface area contributed by atoms with Crippen LogP contribution in [-0.2, 0) is 9.53 Å². The molecule has 0 rings (SSSR count). The highest BCUT2D eigenvalue weighted by atomic mass is 16.5. The Hall–Kier alpha value is -2.35. The van der Waals surface area contributed by atoms with Gasteiger partial charge in [0.1, 0.15) is 6.10 Å². The highest BCUT2D eigenvalue weighted by Gasteiger charge is 2.11. The molecule has 0 radical (unpaired) electrons. The molecular weight excluding hydrogens is 464 g/mol. The molecule has 0 aromatic carbocycles. The lowest BCUT2D eigenvalue weighted by atomic mass is 10.0. The fourth-order valence-electron chi connectivity index (χ4n) is 3.93. The molecule has 0 heterocycles. The van der Waals surface area contributed by atoms with Crippen LogP contribution in [0.1, 0.15) is 132 Å². The van der Waals surface area contributed by atoms with Crippen LogP contribution >= 0.6 is 0 Å². The molecule has 1 atom stereocenters. The molecule has 38 heavy (non-hydrogen) atoms. The molecule has 2 nitrogen and oxygen atoms in total. The molecular formula is C36H58O2. The molecule has 0 aliphatic carbocycles. The van der Waals surface area contributed by atoms with Gasteiger partial charge in [-0.1, -0.05) is 77.0 Å². The van der Waals surface area contributed by atoms with E-state index in [2.05, 4.69) is 109 Å². The second-order valence-electron chi connectivity index (χ2n) is 10.9. The van der Waals surface area contributed by atoms with Crippen LogP contribution in [0.25, 0.3) is 0 Å². The Morgan fingerprint density at radius 2 is 1.13 bits per heavy atom. The second-order valence-corrected chi connectivity index (χ2v) is 10.9. The Labute approximate surface area is 236 Å². The molecule has 0 aliphatic heterocycles. The zero-order valence-electron chi connectivity index (χ0n) is 25.9. The van der Waals surface area contributed by atoms with Crippen molar-refractivity contribution in [1.82, 2.24) is 0 Å². The first-order valence-corrected chi connectivity index (χ1v) is 14.9. The van der Waals surface area contributed by atoms with Gasteiger partial charge in [-0.05, 0) is 125 Å². The van der Waals surface area contributed by atoms with Gasteiger partial charge in [-0.15, -0.1) is 0 Å². The Morgan fingerprint density at radius 1 is 0.605 bits per heavy atom. The first-order valence-electron chi connectivity index (χ1n) is 14.9. The Balaban J connectivity index is 4.57. The van der Waals surface area contributed by atoms with E-state index in [0.29, 0.717) is 6.42 Å². The molecule has 0 amide bonds. The summed E-state index contributed by atoms with van der Waals surface area (Å²) >= 11 is 0. The summed E-state index contributed by atoms with van der Waals surface area (Å²) < 4.78 is 5.93. The van der Waals surface area contributed by atoms with Gasteiger partial charge >= 0.3 is 5.97 Å². The van der Waals surface area contributed by atoms with E-state index in [9.17, 15) is 4.79 Å².